The number of hydrogen-bond acceptors (Lipinski definition) is 4. The van der Waals surface area contributed by atoms with E-state index >= 15 is 0 Å². The number of rotatable bonds is 3. The van der Waals surface area contributed by atoms with Crippen LogP contribution in [0.3, 0.4) is 0 Å². The van der Waals surface area contributed by atoms with Crippen molar-refractivity contribution in [3.05, 3.63) is 62.3 Å². The van der Waals surface area contributed by atoms with Gasteiger partial charge in [0.25, 0.3) is 11.5 Å². The minimum absolute atomic E-state index is 0.0162. The van der Waals surface area contributed by atoms with Gasteiger partial charge in [-0.05, 0) is 53.4 Å². The first-order valence-corrected chi connectivity index (χ1v) is 10.4. The monoisotopic (exact) mass is 381 g/mol. The highest BCUT2D eigenvalue weighted by atomic mass is 32.1. The van der Waals surface area contributed by atoms with Crippen molar-refractivity contribution < 1.29 is 4.79 Å². The predicted molar refractivity (Wildman–Crippen MR) is 108 cm³/mol. The van der Waals surface area contributed by atoms with E-state index in [1.807, 2.05) is 21.4 Å². The molecule has 1 aromatic carbocycles. The molecule has 0 spiro atoms. The number of nitrogens with zero attached hydrogens (tertiary/aromatic N) is 3. The third kappa shape index (κ3) is 3.67. The largest absolute Gasteiger partial charge is 0.337 e. The van der Waals surface area contributed by atoms with Crippen LogP contribution in [0.1, 0.15) is 47.4 Å². The van der Waals surface area contributed by atoms with Gasteiger partial charge in [0, 0.05) is 32.1 Å². The summed E-state index contributed by atoms with van der Waals surface area (Å²) in [5, 5.41) is 4.65. The molecule has 140 valence electrons. The molecular weight excluding hydrogens is 358 g/mol. The molecule has 3 heterocycles. The van der Waals surface area contributed by atoms with Crippen molar-refractivity contribution in [2.45, 2.75) is 45.2 Å². The molecule has 0 radical (unpaired) electrons. The van der Waals surface area contributed by atoms with Crippen molar-refractivity contribution in [2.75, 3.05) is 7.05 Å². The molecule has 0 unspecified atom stereocenters. The zero-order chi connectivity index (χ0) is 18.8. The van der Waals surface area contributed by atoms with E-state index in [9.17, 15) is 9.59 Å². The van der Waals surface area contributed by atoms with Crippen LogP contribution >= 0.6 is 11.3 Å². The van der Waals surface area contributed by atoms with Gasteiger partial charge >= 0.3 is 0 Å². The van der Waals surface area contributed by atoms with Gasteiger partial charge in [-0.25, -0.2) is 4.98 Å². The summed E-state index contributed by atoms with van der Waals surface area (Å²) in [4.78, 5) is 32.1. The summed E-state index contributed by atoms with van der Waals surface area (Å²) in [5.74, 6) is 0.792. The minimum Gasteiger partial charge on any atom is -0.337 e. The maximum Gasteiger partial charge on any atom is 0.261 e. The molecule has 3 aromatic rings. The standard InChI is InChI=1S/C21H23N3O2S/c1-23(13-15-9-11-27-14-15)20(25)16-7-8-17-18(12-16)22-19-6-4-2-3-5-10-24(19)21(17)26/h7-9,11-12,14H,2-6,10,13H2,1H3. The summed E-state index contributed by atoms with van der Waals surface area (Å²) >= 11 is 1.62. The van der Waals surface area contributed by atoms with E-state index in [0.29, 0.717) is 23.0 Å². The Labute approximate surface area is 162 Å². The van der Waals surface area contributed by atoms with Gasteiger partial charge in [0.05, 0.1) is 10.9 Å². The quantitative estimate of drug-likeness (QED) is 0.692. The molecule has 27 heavy (non-hydrogen) atoms. The molecule has 5 nitrogen and oxygen atoms in total. The molecule has 0 saturated heterocycles. The molecule has 0 saturated carbocycles. The van der Waals surface area contributed by atoms with E-state index < -0.39 is 0 Å². The molecule has 6 heteroatoms. The number of fused-ring (bicyclic) bond motifs is 2. The summed E-state index contributed by atoms with van der Waals surface area (Å²) in [5.41, 5.74) is 2.33. The second kappa shape index (κ2) is 7.64. The smallest absolute Gasteiger partial charge is 0.261 e. The fraction of sp³-hybridized carbons (Fsp3) is 0.381. The number of amides is 1. The van der Waals surface area contributed by atoms with Crippen LogP contribution in [-0.2, 0) is 19.5 Å². The number of benzene rings is 1. The summed E-state index contributed by atoms with van der Waals surface area (Å²) in [6, 6.07) is 7.29. The molecule has 0 fully saturated rings. The Bertz CT molecular complexity index is 1020. The van der Waals surface area contributed by atoms with Crippen LogP contribution in [0.5, 0.6) is 0 Å². The third-order valence-electron chi connectivity index (χ3n) is 5.16. The van der Waals surface area contributed by atoms with Crippen molar-refractivity contribution >= 4 is 28.1 Å². The molecule has 1 amide bonds. The first kappa shape index (κ1) is 17.9. The SMILES string of the molecule is CN(Cc1ccsc1)C(=O)c1ccc2c(=O)n3c(nc2c1)CCCCCC3. The van der Waals surface area contributed by atoms with Gasteiger partial charge in [0.1, 0.15) is 5.82 Å². The average molecular weight is 382 g/mol. The Balaban J connectivity index is 1.68. The van der Waals surface area contributed by atoms with Gasteiger partial charge in [-0.1, -0.05) is 12.8 Å². The fourth-order valence-electron chi connectivity index (χ4n) is 3.68. The number of carbonyl (C=O) groups is 1. The Morgan fingerprint density at radius 1 is 1.22 bits per heavy atom. The van der Waals surface area contributed by atoms with Gasteiger partial charge in [-0.15, -0.1) is 0 Å². The number of hydrogen-bond donors (Lipinski definition) is 0. The average Bonchev–Trinajstić information content (AvgIpc) is 3.15. The Hall–Kier alpha value is -2.47. The van der Waals surface area contributed by atoms with Crippen molar-refractivity contribution in [3.63, 3.8) is 0 Å². The third-order valence-corrected chi connectivity index (χ3v) is 5.89. The zero-order valence-electron chi connectivity index (χ0n) is 15.5. The van der Waals surface area contributed by atoms with Crippen LogP contribution in [0.4, 0.5) is 0 Å². The van der Waals surface area contributed by atoms with Gasteiger partial charge in [-0.2, -0.15) is 11.3 Å². The first-order valence-electron chi connectivity index (χ1n) is 9.43. The minimum atomic E-state index is -0.0586. The molecule has 0 aliphatic carbocycles. The topological polar surface area (TPSA) is 55.2 Å². The second-order valence-corrected chi connectivity index (χ2v) is 7.95. The van der Waals surface area contributed by atoms with E-state index in [1.54, 1.807) is 41.5 Å². The van der Waals surface area contributed by atoms with E-state index in [1.165, 1.54) is 6.42 Å². The van der Waals surface area contributed by atoms with Crippen LogP contribution < -0.4 is 5.56 Å². The lowest BCUT2D eigenvalue weighted by Crippen LogP contribution is -2.28. The Morgan fingerprint density at radius 2 is 2.07 bits per heavy atom. The van der Waals surface area contributed by atoms with Crippen molar-refractivity contribution in [1.29, 1.82) is 0 Å². The highest BCUT2D eigenvalue weighted by Crippen LogP contribution is 2.18. The van der Waals surface area contributed by atoms with E-state index in [4.69, 9.17) is 4.98 Å². The highest BCUT2D eigenvalue weighted by Gasteiger charge is 2.17. The molecule has 0 bridgehead atoms. The summed E-state index contributed by atoms with van der Waals surface area (Å²) in [6.07, 6.45) is 5.24. The molecular formula is C21H23N3O2S. The van der Waals surface area contributed by atoms with Crippen molar-refractivity contribution in [2.24, 2.45) is 0 Å². The molecule has 1 aliphatic rings. The summed E-state index contributed by atoms with van der Waals surface area (Å²) < 4.78 is 1.83. The van der Waals surface area contributed by atoms with Crippen LogP contribution in [0.15, 0.2) is 39.8 Å². The van der Waals surface area contributed by atoms with Gasteiger partial charge in [0.2, 0.25) is 0 Å². The normalized spacial score (nSPS) is 14.4. The molecule has 2 aromatic heterocycles. The molecule has 4 rings (SSSR count). The maximum atomic E-state index is 12.9. The van der Waals surface area contributed by atoms with Crippen LogP contribution in [-0.4, -0.2) is 27.4 Å². The van der Waals surface area contributed by atoms with Crippen molar-refractivity contribution in [1.82, 2.24) is 14.5 Å². The summed E-state index contributed by atoms with van der Waals surface area (Å²) in [7, 11) is 1.80. The summed E-state index contributed by atoms with van der Waals surface area (Å²) in [6.45, 7) is 1.31. The number of thiophene rings is 1. The highest BCUT2D eigenvalue weighted by molar-refractivity contribution is 7.07. The maximum absolute atomic E-state index is 12.9. The van der Waals surface area contributed by atoms with Crippen LogP contribution in [0.2, 0.25) is 0 Å². The van der Waals surface area contributed by atoms with E-state index in [-0.39, 0.29) is 11.5 Å². The first-order chi connectivity index (χ1) is 13.1. The van der Waals surface area contributed by atoms with Crippen LogP contribution in [0, 0.1) is 0 Å². The number of carbonyl (C=O) groups excluding carboxylic acids is 1. The lowest BCUT2D eigenvalue weighted by Gasteiger charge is -2.18. The molecule has 0 atom stereocenters. The Morgan fingerprint density at radius 3 is 2.89 bits per heavy atom. The fourth-order valence-corrected chi connectivity index (χ4v) is 4.34. The van der Waals surface area contributed by atoms with Crippen molar-refractivity contribution in [3.8, 4) is 0 Å². The van der Waals surface area contributed by atoms with E-state index in [0.717, 1.165) is 43.6 Å². The predicted octanol–water partition coefficient (Wildman–Crippen LogP) is 3.85. The number of aryl methyl sites for hydroxylation is 1. The zero-order valence-corrected chi connectivity index (χ0v) is 16.3. The molecule has 1 aliphatic heterocycles. The van der Waals surface area contributed by atoms with Gasteiger partial charge < -0.3 is 4.90 Å². The number of aromatic nitrogens is 2. The van der Waals surface area contributed by atoms with Gasteiger partial charge in [0.15, 0.2) is 0 Å². The Kier molecular flexibility index (Phi) is 5.07. The lowest BCUT2D eigenvalue weighted by molar-refractivity contribution is 0.0785. The van der Waals surface area contributed by atoms with Gasteiger partial charge in [-0.3, -0.25) is 14.2 Å². The second-order valence-electron chi connectivity index (χ2n) is 7.17. The lowest BCUT2D eigenvalue weighted by atomic mass is 10.1. The molecule has 0 N–H and O–H groups in total. The van der Waals surface area contributed by atoms with Crippen LogP contribution in [0.25, 0.3) is 10.9 Å². The van der Waals surface area contributed by atoms with E-state index in [2.05, 4.69) is 0 Å².